The lowest BCUT2D eigenvalue weighted by Gasteiger charge is -2.46. The second kappa shape index (κ2) is 7.27. The molecule has 0 N–H and O–H groups in total. The molecular formula is C17H27O4Si. The average molecular weight is 323 g/mol. The van der Waals surface area contributed by atoms with E-state index in [9.17, 15) is 9.59 Å². The fourth-order valence-corrected chi connectivity index (χ4v) is 7.21. The molecule has 0 aromatic heterocycles. The molecule has 0 aliphatic carbocycles. The predicted molar refractivity (Wildman–Crippen MR) is 89.6 cm³/mol. The molecule has 1 aliphatic rings. The normalized spacial score (nSPS) is 17.5. The number of rotatable bonds is 6. The summed E-state index contributed by atoms with van der Waals surface area (Å²) in [4.78, 5) is 24.2. The summed E-state index contributed by atoms with van der Waals surface area (Å²) in [6, 6.07) is 1.91. The van der Waals surface area contributed by atoms with Gasteiger partial charge in [0.2, 0.25) is 5.41 Å². The molecule has 0 atom stereocenters. The second-order valence-corrected chi connectivity index (χ2v) is 11.3. The second-order valence-electron chi connectivity index (χ2n) is 6.46. The molecule has 0 spiro atoms. The average Bonchev–Trinajstić information content (AvgIpc) is 2.46. The third-order valence-electron chi connectivity index (χ3n) is 4.42. The highest BCUT2D eigenvalue weighted by Gasteiger charge is 2.55. The molecule has 1 saturated heterocycles. The Morgan fingerprint density at radius 1 is 1.00 bits per heavy atom. The molecule has 4 nitrogen and oxygen atoms in total. The van der Waals surface area contributed by atoms with E-state index in [1.165, 1.54) is 6.42 Å². The van der Waals surface area contributed by atoms with Crippen molar-refractivity contribution in [2.24, 2.45) is 0 Å². The summed E-state index contributed by atoms with van der Waals surface area (Å²) in [6.45, 7) is 16.5. The zero-order valence-corrected chi connectivity index (χ0v) is 15.0. The Bertz CT molecular complexity index is 447. The fraction of sp³-hybridized carbons (Fsp3) is 0.588. The molecule has 1 rings (SSSR count). The zero-order chi connectivity index (χ0) is 17.0. The van der Waals surface area contributed by atoms with Gasteiger partial charge in [-0.1, -0.05) is 51.1 Å². The highest BCUT2D eigenvalue weighted by Crippen LogP contribution is 2.42. The monoisotopic (exact) mass is 323 g/mol. The first-order valence-corrected chi connectivity index (χ1v) is 10.7. The summed E-state index contributed by atoms with van der Waals surface area (Å²) in [7, 11) is -2.16. The van der Waals surface area contributed by atoms with Gasteiger partial charge in [0, 0.05) is 17.6 Å². The molecule has 1 fully saturated rings. The van der Waals surface area contributed by atoms with Crippen LogP contribution in [-0.4, -0.2) is 25.4 Å². The van der Waals surface area contributed by atoms with E-state index in [0.717, 1.165) is 24.9 Å². The number of esters is 2. The summed E-state index contributed by atoms with van der Waals surface area (Å²) in [5.41, 5.74) is -0.658. The summed E-state index contributed by atoms with van der Waals surface area (Å²) in [5.74, 6) is -1.06. The highest BCUT2D eigenvalue weighted by atomic mass is 28.3. The first kappa shape index (κ1) is 18.7. The first-order valence-electron chi connectivity index (χ1n) is 7.74. The summed E-state index contributed by atoms with van der Waals surface area (Å²) in [6.07, 6.45) is 3.52. The Morgan fingerprint density at radius 3 is 1.73 bits per heavy atom. The van der Waals surface area contributed by atoms with Crippen molar-refractivity contribution in [3.05, 3.63) is 31.2 Å². The van der Waals surface area contributed by atoms with Crippen molar-refractivity contribution in [1.29, 1.82) is 0 Å². The number of carbonyl (C=O) groups is 2. The van der Waals surface area contributed by atoms with E-state index in [2.05, 4.69) is 26.6 Å². The maximum absolute atomic E-state index is 12.1. The van der Waals surface area contributed by atoms with E-state index in [0.29, 0.717) is 0 Å². The smallest absolute Gasteiger partial charge is 0.336 e. The van der Waals surface area contributed by atoms with Gasteiger partial charge in [-0.15, -0.1) is 0 Å². The lowest BCUT2D eigenvalue weighted by molar-refractivity contribution is -0.198. The molecule has 0 aromatic rings. The van der Waals surface area contributed by atoms with Crippen LogP contribution in [0.5, 0.6) is 0 Å². The molecular weight excluding hydrogens is 296 g/mol. The third kappa shape index (κ3) is 3.88. The zero-order valence-electron chi connectivity index (χ0n) is 14.0. The van der Waals surface area contributed by atoms with Crippen LogP contribution in [0.15, 0.2) is 24.3 Å². The van der Waals surface area contributed by atoms with Gasteiger partial charge >= 0.3 is 11.9 Å². The van der Waals surface area contributed by atoms with Crippen molar-refractivity contribution in [1.82, 2.24) is 0 Å². The number of ether oxygens (including phenoxy) is 2. The Kier molecular flexibility index (Phi) is 6.17. The maximum Gasteiger partial charge on any atom is 0.336 e. The highest BCUT2D eigenvalue weighted by molar-refractivity contribution is 6.81. The molecule has 22 heavy (non-hydrogen) atoms. The lowest BCUT2D eigenvalue weighted by Crippen LogP contribution is -2.62. The van der Waals surface area contributed by atoms with E-state index in [1.807, 2.05) is 0 Å². The van der Waals surface area contributed by atoms with E-state index in [4.69, 9.17) is 9.47 Å². The summed E-state index contributed by atoms with van der Waals surface area (Å²) in [5, 5.41) is 0. The van der Waals surface area contributed by atoms with Gasteiger partial charge in [0.05, 0.1) is 0 Å². The molecule has 0 amide bonds. The third-order valence-corrected chi connectivity index (χ3v) is 9.63. The predicted octanol–water partition coefficient (Wildman–Crippen LogP) is 3.95. The van der Waals surface area contributed by atoms with Gasteiger partial charge in [-0.3, -0.25) is 0 Å². The topological polar surface area (TPSA) is 52.6 Å². The molecule has 1 aliphatic heterocycles. The molecule has 123 valence electrons. The molecule has 0 unspecified atom stereocenters. The van der Waals surface area contributed by atoms with Gasteiger partial charge in [-0.25, -0.2) is 9.59 Å². The van der Waals surface area contributed by atoms with Crippen molar-refractivity contribution in [3.8, 4) is 0 Å². The van der Waals surface area contributed by atoms with Crippen LogP contribution in [-0.2, 0) is 19.1 Å². The van der Waals surface area contributed by atoms with Gasteiger partial charge in [0.25, 0.3) is 0 Å². The molecule has 0 saturated carbocycles. The molecule has 0 bridgehead atoms. The largest absolute Gasteiger partial charge is 0.424 e. The van der Waals surface area contributed by atoms with E-state index < -0.39 is 25.4 Å². The SMILES string of the molecule is [CH2]CC(OC(=O)C(=C)C)(OC(=O)C(=C)C)[Si]1(C)CCCCC1. The molecule has 1 heterocycles. The Morgan fingerprint density at radius 2 is 1.41 bits per heavy atom. The van der Waals surface area contributed by atoms with Crippen molar-refractivity contribution in [2.75, 3.05) is 0 Å². The Hall–Kier alpha value is -1.36. The van der Waals surface area contributed by atoms with Gasteiger partial charge in [0.15, 0.2) is 8.07 Å². The van der Waals surface area contributed by atoms with Gasteiger partial charge in [0.1, 0.15) is 0 Å². The standard InChI is InChI=1S/C17H27O4Si/c1-7-17(20-15(18)13(2)3,21-16(19)14(4)5)22(6)11-9-8-10-12-22/h1-2,4,7-12H2,3,5-6H3. The quantitative estimate of drug-likeness (QED) is 0.321. The van der Waals surface area contributed by atoms with Gasteiger partial charge in [-0.05, 0) is 20.8 Å². The lowest BCUT2D eigenvalue weighted by atomic mass is 10.3. The van der Waals surface area contributed by atoms with E-state index >= 15 is 0 Å². The fourth-order valence-electron chi connectivity index (χ4n) is 2.86. The van der Waals surface area contributed by atoms with Crippen molar-refractivity contribution >= 4 is 20.0 Å². The number of carbonyl (C=O) groups excluding carboxylic acids is 2. The van der Waals surface area contributed by atoms with E-state index in [1.54, 1.807) is 13.8 Å². The first-order chi connectivity index (χ1) is 10.2. The van der Waals surface area contributed by atoms with Crippen LogP contribution in [0.3, 0.4) is 0 Å². The van der Waals surface area contributed by atoms with Crippen LogP contribution in [0.25, 0.3) is 0 Å². The molecule has 5 heteroatoms. The van der Waals surface area contributed by atoms with E-state index in [-0.39, 0.29) is 17.6 Å². The van der Waals surface area contributed by atoms with Crippen LogP contribution in [0.1, 0.15) is 39.5 Å². The minimum atomic E-state index is -2.16. The number of hydrogen-bond donors (Lipinski definition) is 0. The summed E-state index contributed by atoms with van der Waals surface area (Å²) >= 11 is 0. The van der Waals surface area contributed by atoms with Crippen LogP contribution in [0.2, 0.25) is 18.6 Å². The van der Waals surface area contributed by atoms with Gasteiger partial charge < -0.3 is 9.47 Å². The van der Waals surface area contributed by atoms with Gasteiger partial charge in [-0.2, -0.15) is 0 Å². The van der Waals surface area contributed by atoms with Crippen LogP contribution in [0.4, 0.5) is 0 Å². The van der Waals surface area contributed by atoms with Crippen LogP contribution >= 0.6 is 0 Å². The van der Waals surface area contributed by atoms with Crippen LogP contribution in [0, 0.1) is 6.92 Å². The van der Waals surface area contributed by atoms with Crippen molar-refractivity contribution < 1.29 is 19.1 Å². The minimum Gasteiger partial charge on any atom is -0.424 e. The minimum absolute atomic E-state index is 0.216. The Labute approximate surface area is 134 Å². The number of hydrogen-bond acceptors (Lipinski definition) is 4. The van der Waals surface area contributed by atoms with Crippen molar-refractivity contribution in [2.45, 2.75) is 63.6 Å². The summed E-state index contributed by atoms with van der Waals surface area (Å²) < 4.78 is 11.4. The Balaban J connectivity index is 3.20. The maximum atomic E-state index is 12.1. The molecule has 1 radical (unpaired) electrons. The molecule has 0 aromatic carbocycles. The van der Waals surface area contributed by atoms with Crippen LogP contribution < -0.4 is 0 Å². The van der Waals surface area contributed by atoms with Crippen molar-refractivity contribution in [3.63, 3.8) is 0 Å².